The summed E-state index contributed by atoms with van der Waals surface area (Å²) in [6.07, 6.45) is 2.96. The van der Waals surface area contributed by atoms with Crippen LogP contribution in [0.4, 0.5) is 0 Å². The van der Waals surface area contributed by atoms with Crippen LogP contribution in [0.1, 0.15) is 5.56 Å². The SMILES string of the molecule is CS(=O)c1ccc(C#N)cn1. The summed E-state index contributed by atoms with van der Waals surface area (Å²) in [4.78, 5) is 3.83. The Labute approximate surface area is 67.1 Å². The van der Waals surface area contributed by atoms with Crippen LogP contribution in [-0.2, 0) is 10.8 Å². The summed E-state index contributed by atoms with van der Waals surface area (Å²) in [6.45, 7) is 0. The number of hydrogen-bond acceptors (Lipinski definition) is 3. The molecule has 0 N–H and O–H groups in total. The Bertz CT molecular complexity index is 312. The molecule has 1 aromatic rings. The maximum Gasteiger partial charge on any atom is 0.127 e. The second kappa shape index (κ2) is 3.26. The average Bonchev–Trinajstić information content (AvgIpc) is 2.05. The van der Waals surface area contributed by atoms with Crippen molar-refractivity contribution in [1.29, 1.82) is 5.26 Å². The molecule has 1 rings (SSSR count). The summed E-state index contributed by atoms with van der Waals surface area (Å²) in [5.41, 5.74) is 0.485. The molecule has 3 nitrogen and oxygen atoms in total. The Kier molecular flexibility index (Phi) is 2.34. The van der Waals surface area contributed by atoms with Gasteiger partial charge in [0.15, 0.2) is 0 Å². The van der Waals surface area contributed by atoms with E-state index in [1.54, 1.807) is 18.4 Å². The van der Waals surface area contributed by atoms with Gasteiger partial charge in [-0.3, -0.25) is 4.21 Å². The molecule has 0 saturated carbocycles. The lowest BCUT2D eigenvalue weighted by molar-refractivity contribution is 0.684. The van der Waals surface area contributed by atoms with Crippen molar-refractivity contribution in [3.63, 3.8) is 0 Å². The van der Waals surface area contributed by atoms with Gasteiger partial charge in [0.25, 0.3) is 0 Å². The third kappa shape index (κ3) is 1.85. The smallest absolute Gasteiger partial charge is 0.127 e. The van der Waals surface area contributed by atoms with Crippen molar-refractivity contribution in [3.8, 4) is 6.07 Å². The summed E-state index contributed by atoms with van der Waals surface area (Å²) in [6, 6.07) is 5.12. The first kappa shape index (κ1) is 7.89. The minimum atomic E-state index is -1.06. The Morgan fingerprint density at radius 3 is 2.73 bits per heavy atom. The number of pyridine rings is 1. The number of nitriles is 1. The number of nitrogens with zero attached hydrogens (tertiary/aromatic N) is 2. The fraction of sp³-hybridized carbons (Fsp3) is 0.143. The molecule has 56 valence electrons. The Morgan fingerprint density at radius 1 is 1.64 bits per heavy atom. The van der Waals surface area contributed by atoms with Crippen LogP contribution in [-0.4, -0.2) is 15.4 Å². The van der Waals surface area contributed by atoms with E-state index in [1.165, 1.54) is 6.20 Å². The summed E-state index contributed by atoms with van der Waals surface area (Å²) in [5, 5.41) is 8.90. The van der Waals surface area contributed by atoms with Gasteiger partial charge in [0.1, 0.15) is 11.1 Å². The molecule has 0 radical (unpaired) electrons. The number of aromatic nitrogens is 1. The van der Waals surface area contributed by atoms with Crippen LogP contribution in [0.3, 0.4) is 0 Å². The number of hydrogen-bond donors (Lipinski definition) is 0. The summed E-state index contributed by atoms with van der Waals surface area (Å²) >= 11 is 0. The molecule has 0 bridgehead atoms. The summed E-state index contributed by atoms with van der Waals surface area (Å²) in [7, 11) is -1.06. The third-order valence-electron chi connectivity index (χ3n) is 1.16. The van der Waals surface area contributed by atoms with Crippen molar-refractivity contribution < 1.29 is 4.21 Å². The second-order valence-corrected chi connectivity index (χ2v) is 3.28. The zero-order chi connectivity index (χ0) is 8.27. The van der Waals surface area contributed by atoms with Gasteiger partial charge in [0.05, 0.1) is 16.4 Å². The molecule has 1 atom stereocenters. The van der Waals surface area contributed by atoms with Crippen LogP contribution in [0.5, 0.6) is 0 Å². The molecule has 0 aromatic carbocycles. The standard InChI is InChI=1S/C7H6N2OS/c1-11(10)7-3-2-6(4-8)5-9-7/h2-3,5H,1H3. The van der Waals surface area contributed by atoms with Gasteiger partial charge in [0, 0.05) is 12.5 Å². The molecule has 0 aliphatic carbocycles. The summed E-state index contributed by atoms with van der Waals surface area (Å²) in [5.74, 6) is 0. The van der Waals surface area contributed by atoms with Crippen LogP contribution in [0.2, 0.25) is 0 Å². The molecule has 11 heavy (non-hydrogen) atoms. The van der Waals surface area contributed by atoms with Gasteiger partial charge >= 0.3 is 0 Å². The Hall–Kier alpha value is -1.21. The van der Waals surface area contributed by atoms with Crippen molar-refractivity contribution >= 4 is 10.8 Å². The van der Waals surface area contributed by atoms with E-state index >= 15 is 0 Å². The molecule has 4 heteroatoms. The van der Waals surface area contributed by atoms with Crippen LogP contribution in [0.25, 0.3) is 0 Å². The van der Waals surface area contributed by atoms with Crippen LogP contribution >= 0.6 is 0 Å². The van der Waals surface area contributed by atoms with Gasteiger partial charge < -0.3 is 0 Å². The lowest BCUT2D eigenvalue weighted by Crippen LogP contribution is -1.91. The monoisotopic (exact) mass is 166 g/mol. The van der Waals surface area contributed by atoms with Crippen molar-refractivity contribution in [1.82, 2.24) is 4.98 Å². The highest BCUT2D eigenvalue weighted by Gasteiger charge is 1.97. The molecular formula is C7H6N2OS. The van der Waals surface area contributed by atoms with E-state index in [1.807, 2.05) is 6.07 Å². The normalized spacial score (nSPS) is 12.0. The molecular weight excluding hydrogens is 160 g/mol. The molecule has 0 aliphatic heterocycles. The predicted molar refractivity (Wildman–Crippen MR) is 41.3 cm³/mol. The first-order valence-corrected chi connectivity index (χ1v) is 4.49. The minimum absolute atomic E-state index is 0.485. The van der Waals surface area contributed by atoms with E-state index in [9.17, 15) is 4.21 Å². The van der Waals surface area contributed by atoms with E-state index in [4.69, 9.17) is 5.26 Å². The van der Waals surface area contributed by atoms with E-state index in [-0.39, 0.29) is 0 Å². The molecule has 1 unspecified atom stereocenters. The zero-order valence-corrected chi connectivity index (χ0v) is 6.76. The van der Waals surface area contributed by atoms with Gasteiger partial charge in [0.2, 0.25) is 0 Å². The summed E-state index contributed by atoms with van der Waals surface area (Å²) < 4.78 is 10.8. The highest BCUT2D eigenvalue weighted by molar-refractivity contribution is 7.84. The van der Waals surface area contributed by atoms with Gasteiger partial charge in [-0.2, -0.15) is 5.26 Å². The maximum absolute atomic E-state index is 10.8. The number of rotatable bonds is 1. The molecule has 1 aromatic heterocycles. The quantitative estimate of drug-likeness (QED) is 0.616. The van der Waals surface area contributed by atoms with Gasteiger partial charge in [-0.1, -0.05) is 0 Å². The van der Waals surface area contributed by atoms with Crippen LogP contribution < -0.4 is 0 Å². The van der Waals surface area contributed by atoms with Crippen molar-refractivity contribution in [2.24, 2.45) is 0 Å². The van der Waals surface area contributed by atoms with Gasteiger partial charge in [-0.05, 0) is 12.1 Å². The molecule has 0 aliphatic rings. The highest BCUT2D eigenvalue weighted by atomic mass is 32.2. The molecule has 1 heterocycles. The van der Waals surface area contributed by atoms with E-state index < -0.39 is 10.8 Å². The predicted octanol–water partition coefficient (Wildman–Crippen LogP) is 0.691. The van der Waals surface area contributed by atoms with Crippen LogP contribution in [0.15, 0.2) is 23.4 Å². The first-order valence-electron chi connectivity index (χ1n) is 2.93. The van der Waals surface area contributed by atoms with E-state index in [0.29, 0.717) is 10.6 Å². The first-order chi connectivity index (χ1) is 5.24. The Morgan fingerprint density at radius 2 is 2.36 bits per heavy atom. The lowest BCUT2D eigenvalue weighted by Gasteiger charge is -1.92. The topological polar surface area (TPSA) is 53.8 Å². The fourth-order valence-electron chi connectivity index (χ4n) is 0.616. The maximum atomic E-state index is 10.8. The highest BCUT2D eigenvalue weighted by Crippen LogP contribution is 2.01. The fourth-order valence-corrected chi connectivity index (χ4v) is 1.08. The molecule has 0 saturated heterocycles. The molecule has 0 spiro atoms. The molecule has 0 amide bonds. The van der Waals surface area contributed by atoms with Crippen molar-refractivity contribution in [2.45, 2.75) is 5.03 Å². The Balaban J connectivity index is 3.03. The van der Waals surface area contributed by atoms with E-state index in [0.717, 1.165) is 0 Å². The second-order valence-electron chi connectivity index (χ2n) is 1.95. The minimum Gasteiger partial charge on any atom is -0.253 e. The van der Waals surface area contributed by atoms with E-state index in [2.05, 4.69) is 4.98 Å². The average molecular weight is 166 g/mol. The van der Waals surface area contributed by atoms with Gasteiger partial charge in [-0.15, -0.1) is 0 Å². The zero-order valence-electron chi connectivity index (χ0n) is 5.94. The third-order valence-corrected chi connectivity index (χ3v) is 1.99. The van der Waals surface area contributed by atoms with Crippen molar-refractivity contribution in [2.75, 3.05) is 6.26 Å². The van der Waals surface area contributed by atoms with Crippen molar-refractivity contribution in [3.05, 3.63) is 23.9 Å². The largest absolute Gasteiger partial charge is 0.253 e. The van der Waals surface area contributed by atoms with Gasteiger partial charge in [-0.25, -0.2) is 4.98 Å². The van der Waals surface area contributed by atoms with Crippen LogP contribution in [0, 0.1) is 11.3 Å². The lowest BCUT2D eigenvalue weighted by atomic mass is 10.3. The molecule has 0 fully saturated rings.